The fourth-order valence-corrected chi connectivity index (χ4v) is 2.28. The Balaban J connectivity index is 2.22. The van der Waals surface area contributed by atoms with E-state index in [1.165, 1.54) is 0 Å². The van der Waals surface area contributed by atoms with Crippen LogP contribution >= 0.6 is 11.3 Å². The summed E-state index contributed by atoms with van der Waals surface area (Å²) >= 11 is 1.60. The van der Waals surface area contributed by atoms with Gasteiger partial charge in [0.05, 0.1) is 5.56 Å². The molecule has 1 heterocycles. The van der Waals surface area contributed by atoms with Crippen molar-refractivity contribution in [2.75, 3.05) is 6.54 Å². The van der Waals surface area contributed by atoms with Gasteiger partial charge >= 0.3 is 0 Å². The molecule has 0 aliphatic rings. The van der Waals surface area contributed by atoms with Crippen molar-refractivity contribution >= 4 is 11.3 Å². The normalized spacial score (nSPS) is 11.8. The number of hydrogen-bond donors (Lipinski definition) is 1. The van der Waals surface area contributed by atoms with Crippen molar-refractivity contribution in [2.45, 2.75) is 6.10 Å². The Labute approximate surface area is 104 Å². The van der Waals surface area contributed by atoms with E-state index in [0.717, 1.165) is 4.88 Å². The van der Waals surface area contributed by atoms with Gasteiger partial charge in [0.2, 0.25) is 0 Å². The van der Waals surface area contributed by atoms with Gasteiger partial charge < -0.3 is 10.5 Å². The zero-order valence-electron chi connectivity index (χ0n) is 9.17. The summed E-state index contributed by atoms with van der Waals surface area (Å²) in [5.74, 6) is 0.582. The van der Waals surface area contributed by atoms with Gasteiger partial charge in [-0.15, -0.1) is 11.3 Å². The van der Waals surface area contributed by atoms with Crippen LogP contribution < -0.4 is 10.5 Å². The summed E-state index contributed by atoms with van der Waals surface area (Å²) in [7, 11) is 0. The van der Waals surface area contributed by atoms with E-state index in [1.54, 1.807) is 23.5 Å². The maximum absolute atomic E-state index is 8.98. The molecular weight excluding hydrogens is 232 g/mol. The van der Waals surface area contributed by atoms with Gasteiger partial charge in [-0.3, -0.25) is 0 Å². The minimum atomic E-state index is -0.190. The summed E-state index contributed by atoms with van der Waals surface area (Å²) < 4.78 is 5.79. The molecule has 0 fully saturated rings. The van der Waals surface area contributed by atoms with Gasteiger partial charge in [0, 0.05) is 11.4 Å². The minimum absolute atomic E-state index is 0.190. The van der Waals surface area contributed by atoms with Crippen LogP contribution in [0.3, 0.4) is 0 Å². The molecule has 1 aromatic heterocycles. The van der Waals surface area contributed by atoms with Crippen molar-refractivity contribution in [3.8, 4) is 11.8 Å². The third-order valence-corrected chi connectivity index (χ3v) is 3.32. The molecule has 0 aliphatic heterocycles. The number of thiophene rings is 1. The molecule has 1 unspecified atom stereocenters. The zero-order valence-corrected chi connectivity index (χ0v) is 9.98. The smallest absolute Gasteiger partial charge is 0.145 e. The quantitative estimate of drug-likeness (QED) is 0.899. The Bertz CT molecular complexity index is 516. The Hall–Kier alpha value is -1.83. The van der Waals surface area contributed by atoms with Gasteiger partial charge in [0.25, 0.3) is 0 Å². The van der Waals surface area contributed by atoms with Crippen molar-refractivity contribution < 1.29 is 4.74 Å². The van der Waals surface area contributed by atoms with E-state index in [-0.39, 0.29) is 6.10 Å². The number of nitriles is 1. The van der Waals surface area contributed by atoms with Crippen LogP contribution in [-0.4, -0.2) is 6.54 Å². The average molecular weight is 244 g/mol. The lowest BCUT2D eigenvalue weighted by molar-refractivity contribution is 0.217. The highest BCUT2D eigenvalue weighted by molar-refractivity contribution is 7.10. The van der Waals surface area contributed by atoms with Gasteiger partial charge in [-0.25, -0.2) is 0 Å². The Morgan fingerprint density at radius 3 is 2.76 bits per heavy atom. The van der Waals surface area contributed by atoms with Crippen molar-refractivity contribution in [1.29, 1.82) is 5.26 Å². The van der Waals surface area contributed by atoms with E-state index in [1.807, 2.05) is 29.6 Å². The lowest BCUT2D eigenvalue weighted by atomic mass is 10.2. The number of nitrogens with two attached hydrogens (primary N) is 1. The first-order valence-electron chi connectivity index (χ1n) is 5.24. The summed E-state index contributed by atoms with van der Waals surface area (Å²) in [6.45, 7) is 0.389. The summed E-state index contributed by atoms with van der Waals surface area (Å²) in [5, 5.41) is 11.0. The number of benzene rings is 1. The SMILES string of the molecule is N#Cc1ccccc1OC(CN)c1cccs1. The largest absolute Gasteiger partial charge is 0.482 e. The highest BCUT2D eigenvalue weighted by Gasteiger charge is 2.14. The van der Waals surface area contributed by atoms with Gasteiger partial charge in [-0.05, 0) is 23.6 Å². The van der Waals surface area contributed by atoms with Gasteiger partial charge in [-0.1, -0.05) is 18.2 Å². The van der Waals surface area contributed by atoms with Gasteiger partial charge in [0.1, 0.15) is 17.9 Å². The minimum Gasteiger partial charge on any atom is -0.482 e. The zero-order chi connectivity index (χ0) is 12.1. The second-order valence-corrected chi connectivity index (χ2v) is 4.44. The maximum Gasteiger partial charge on any atom is 0.145 e. The number of ether oxygens (including phenoxy) is 1. The molecule has 17 heavy (non-hydrogen) atoms. The molecule has 0 radical (unpaired) electrons. The topological polar surface area (TPSA) is 59.0 Å². The van der Waals surface area contributed by atoms with E-state index in [0.29, 0.717) is 17.9 Å². The average Bonchev–Trinajstić information content (AvgIpc) is 2.90. The van der Waals surface area contributed by atoms with Crippen LogP contribution in [0.25, 0.3) is 0 Å². The molecule has 0 bridgehead atoms. The van der Waals surface area contributed by atoms with Crippen molar-refractivity contribution in [1.82, 2.24) is 0 Å². The summed E-state index contributed by atoms with van der Waals surface area (Å²) in [6, 6.07) is 13.2. The van der Waals surface area contributed by atoms with Crippen molar-refractivity contribution in [2.24, 2.45) is 5.73 Å². The molecule has 1 atom stereocenters. The number of rotatable bonds is 4. The number of nitrogens with zero attached hydrogens (tertiary/aromatic N) is 1. The third kappa shape index (κ3) is 2.64. The molecule has 0 aliphatic carbocycles. The van der Waals surface area contributed by atoms with Crippen LogP contribution in [0.15, 0.2) is 41.8 Å². The van der Waals surface area contributed by atoms with Crippen LogP contribution in [-0.2, 0) is 0 Å². The molecule has 2 rings (SSSR count). The molecule has 86 valence electrons. The van der Waals surface area contributed by atoms with E-state index in [4.69, 9.17) is 15.7 Å². The monoisotopic (exact) mass is 244 g/mol. The van der Waals surface area contributed by atoms with Crippen LogP contribution in [0.1, 0.15) is 16.5 Å². The molecule has 0 spiro atoms. The lowest BCUT2D eigenvalue weighted by Crippen LogP contribution is -2.17. The molecule has 0 saturated heterocycles. The standard InChI is InChI=1S/C13H12N2OS/c14-8-10-4-1-2-5-11(10)16-12(9-15)13-6-3-7-17-13/h1-7,12H,9,15H2. The molecule has 0 saturated carbocycles. The Morgan fingerprint density at radius 2 is 2.12 bits per heavy atom. The van der Waals surface area contributed by atoms with E-state index >= 15 is 0 Å². The molecule has 1 aromatic carbocycles. The number of hydrogen-bond acceptors (Lipinski definition) is 4. The van der Waals surface area contributed by atoms with E-state index in [2.05, 4.69) is 6.07 Å². The van der Waals surface area contributed by atoms with Crippen LogP contribution in [0.2, 0.25) is 0 Å². The second kappa shape index (κ2) is 5.48. The molecule has 0 amide bonds. The second-order valence-electron chi connectivity index (χ2n) is 3.47. The molecular formula is C13H12N2OS. The molecule has 3 nitrogen and oxygen atoms in total. The van der Waals surface area contributed by atoms with E-state index < -0.39 is 0 Å². The van der Waals surface area contributed by atoms with E-state index in [9.17, 15) is 0 Å². The van der Waals surface area contributed by atoms with Gasteiger partial charge in [-0.2, -0.15) is 5.26 Å². The lowest BCUT2D eigenvalue weighted by Gasteiger charge is -2.16. The molecule has 2 N–H and O–H groups in total. The Kier molecular flexibility index (Phi) is 3.76. The van der Waals surface area contributed by atoms with Crippen LogP contribution in [0.5, 0.6) is 5.75 Å². The summed E-state index contributed by atoms with van der Waals surface area (Å²) in [4.78, 5) is 1.07. The first kappa shape index (κ1) is 11.6. The van der Waals surface area contributed by atoms with Crippen LogP contribution in [0, 0.1) is 11.3 Å². The number of para-hydroxylation sites is 1. The summed E-state index contributed by atoms with van der Waals surface area (Å²) in [5.41, 5.74) is 6.23. The predicted molar refractivity (Wildman–Crippen MR) is 67.9 cm³/mol. The van der Waals surface area contributed by atoms with Crippen molar-refractivity contribution in [3.63, 3.8) is 0 Å². The first-order valence-corrected chi connectivity index (χ1v) is 6.12. The highest BCUT2D eigenvalue weighted by Crippen LogP contribution is 2.26. The molecule has 4 heteroatoms. The fraction of sp³-hybridized carbons (Fsp3) is 0.154. The molecule has 2 aromatic rings. The van der Waals surface area contributed by atoms with Gasteiger partial charge in [0.15, 0.2) is 0 Å². The fourth-order valence-electron chi connectivity index (χ4n) is 1.51. The van der Waals surface area contributed by atoms with Crippen molar-refractivity contribution in [3.05, 3.63) is 52.2 Å². The highest BCUT2D eigenvalue weighted by atomic mass is 32.1. The summed E-state index contributed by atoms with van der Waals surface area (Å²) in [6.07, 6.45) is -0.190. The van der Waals surface area contributed by atoms with Crippen LogP contribution in [0.4, 0.5) is 0 Å². The Morgan fingerprint density at radius 1 is 1.29 bits per heavy atom. The maximum atomic E-state index is 8.98. The predicted octanol–water partition coefficient (Wildman–Crippen LogP) is 2.70. The first-order chi connectivity index (χ1) is 8.35. The third-order valence-electron chi connectivity index (χ3n) is 2.35.